The van der Waals surface area contributed by atoms with Gasteiger partial charge < -0.3 is 5.11 Å². The summed E-state index contributed by atoms with van der Waals surface area (Å²) in [6.45, 7) is 10.4. The molecule has 0 bridgehead atoms. The predicted octanol–water partition coefficient (Wildman–Crippen LogP) is 7.45. The summed E-state index contributed by atoms with van der Waals surface area (Å²) in [7, 11) is -1.85. The average molecular weight is 486 g/mol. The van der Waals surface area contributed by atoms with Crippen molar-refractivity contribution < 1.29 is 5.11 Å². The van der Waals surface area contributed by atoms with Crippen LogP contribution in [0.4, 0.5) is 0 Å². The Bertz CT molecular complexity index is 991. The average Bonchev–Trinajstić information content (AvgIpc) is 2.85. The first-order valence-electron chi connectivity index (χ1n) is 12.8. The molecule has 0 saturated heterocycles. The molecule has 3 aromatic rings. The first-order chi connectivity index (χ1) is 16.7. The fraction of sp³-hybridized carbons (Fsp3) is 0.333. The van der Waals surface area contributed by atoms with Gasteiger partial charge in [-0.2, -0.15) is 0 Å². The second kappa shape index (κ2) is 12.5. The van der Waals surface area contributed by atoms with Gasteiger partial charge in [-0.1, -0.05) is 71.8 Å². The summed E-state index contributed by atoms with van der Waals surface area (Å²) >= 11 is 0. The highest BCUT2D eigenvalue weighted by Crippen LogP contribution is 2.55. The molecule has 35 heavy (non-hydrogen) atoms. The molecule has 0 aliphatic heterocycles. The lowest BCUT2D eigenvalue weighted by Crippen LogP contribution is -2.33. The molecule has 0 radical (unpaired) electrons. The first kappa shape index (κ1) is 27.1. The van der Waals surface area contributed by atoms with Gasteiger partial charge in [-0.3, -0.25) is 0 Å². The normalized spacial score (nSPS) is 13.4. The Morgan fingerprint density at radius 2 is 1.17 bits per heavy atom. The van der Waals surface area contributed by atoms with Gasteiger partial charge in [0.1, 0.15) is 23.2 Å². The quantitative estimate of drug-likeness (QED) is 0.221. The van der Waals surface area contributed by atoms with Crippen molar-refractivity contribution in [3.8, 4) is 0 Å². The van der Waals surface area contributed by atoms with Crippen molar-refractivity contribution in [2.24, 2.45) is 5.92 Å². The summed E-state index contributed by atoms with van der Waals surface area (Å²) < 4.78 is 0. The lowest BCUT2D eigenvalue weighted by Gasteiger charge is -2.29. The van der Waals surface area contributed by atoms with Crippen LogP contribution in [0.1, 0.15) is 53.9 Å². The molecule has 0 aliphatic carbocycles. The summed E-state index contributed by atoms with van der Waals surface area (Å²) in [4.78, 5) is 0. The minimum Gasteiger partial charge on any atom is -0.390 e. The highest BCUT2D eigenvalue weighted by molar-refractivity contribution is 7.95. The van der Waals surface area contributed by atoms with Crippen molar-refractivity contribution in [1.82, 2.24) is 0 Å². The Labute approximate surface area is 214 Å². The minimum absolute atomic E-state index is 0.248. The van der Waals surface area contributed by atoms with Crippen molar-refractivity contribution in [2.45, 2.75) is 59.5 Å². The van der Waals surface area contributed by atoms with Gasteiger partial charge in [0.25, 0.3) is 0 Å². The van der Waals surface area contributed by atoms with Crippen LogP contribution in [0, 0.1) is 5.92 Å². The molecule has 0 amide bonds. The van der Waals surface area contributed by atoms with Crippen LogP contribution >= 0.6 is 7.26 Å². The number of hydrogen-bond acceptors (Lipinski definition) is 1. The van der Waals surface area contributed by atoms with E-state index in [9.17, 15) is 5.11 Å². The second-order valence-electron chi connectivity index (χ2n) is 10.5. The van der Waals surface area contributed by atoms with Gasteiger partial charge in [-0.25, -0.2) is 0 Å². The van der Waals surface area contributed by atoms with Gasteiger partial charge in [0.15, 0.2) is 0 Å². The Hall–Kier alpha value is -2.47. The molecule has 0 fully saturated rings. The SMILES string of the molecule is CC(C)=CC[C@@H](CC/C(C)=C/C[P+](c1ccccc1)(c1ccccc1)c1ccccc1)C(C)(C)O. The molecule has 0 unspecified atom stereocenters. The standard InChI is InChI=1S/C33H42OP/c1-27(2)21-23-29(33(4,5)34)24-22-28(3)25-26-35(30-15-9-6-10-16-30,31-17-11-7-12-18-31)32-19-13-8-14-20-32/h6-21,25,29,34H,22-24,26H2,1-5H3/q+1/b28-25+/t29-/m0/s1. The molecule has 3 aromatic carbocycles. The van der Waals surface area contributed by atoms with Crippen LogP contribution in [-0.4, -0.2) is 16.9 Å². The molecule has 2 heteroatoms. The van der Waals surface area contributed by atoms with Crippen molar-refractivity contribution >= 4 is 23.2 Å². The van der Waals surface area contributed by atoms with Crippen molar-refractivity contribution in [3.05, 3.63) is 114 Å². The summed E-state index contributed by atoms with van der Waals surface area (Å²) in [6, 6.07) is 33.2. The monoisotopic (exact) mass is 485 g/mol. The van der Waals surface area contributed by atoms with E-state index in [0.29, 0.717) is 0 Å². The molecule has 0 aliphatic rings. The van der Waals surface area contributed by atoms with Gasteiger partial charge in [-0.15, -0.1) is 0 Å². The molecule has 3 rings (SSSR count). The van der Waals surface area contributed by atoms with E-state index in [1.165, 1.54) is 27.1 Å². The zero-order valence-electron chi connectivity index (χ0n) is 22.1. The third-order valence-corrected chi connectivity index (χ3v) is 11.3. The third-order valence-electron chi connectivity index (χ3n) is 7.00. The molecular weight excluding hydrogens is 443 g/mol. The van der Waals surface area contributed by atoms with Crippen molar-refractivity contribution in [3.63, 3.8) is 0 Å². The van der Waals surface area contributed by atoms with Gasteiger partial charge >= 0.3 is 0 Å². The van der Waals surface area contributed by atoms with E-state index in [0.717, 1.165) is 25.4 Å². The summed E-state index contributed by atoms with van der Waals surface area (Å²) in [5.74, 6) is 0.248. The number of hydrogen-bond donors (Lipinski definition) is 1. The van der Waals surface area contributed by atoms with Gasteiger partial charge in [-0.05, 0) is 102 Å². The zero-order valence-corrected chi connectivity index (χ0v) is 23.0. The maximum atomic E-state index is 10.8. The largest absolute Gasteiger partial charge is 0.390 e. The van der Waals surface area contributed by atoms with E-state index in [4.69, 9.17) is 0 Å². The second-order valence-corrected chi connectivity index (χ2v) is 14.0. The predicted molar refractivity (Wildman–Crippen MR) is 157 cm³/mol. The van der Waals surface area contributed by atoms with E-state index >= 15 is 0 Å². The van der Waals surface area contributed by atoms with E-state index in [1.807, 2.05) is 13.8 Å². The highest BCUT2D eigenvalue weighted by atomic mass is 31.2. The summed E-state index contributed by atoms with van der Waals surface area (Å²) in [6.07, 6.45) is 8.65. The minimum atomic E-state index is -1.85. The molecule has 0 spiro atoms. The maximum absolute atomic E-state index is 10.8. The van der Waals surface area contributed by atoms with E-state index < -0.39 is 12.9 Å². The summed E-state index contributed by atoms with van der Waals surface area (Å²) in [5.41, 5.74) is 2.04. The molecule has 184 valence electrons. The van der Waals surface area contributed by atoms with Crippen LogP contribution in [0.2, 0.25) is 0 Å². The fourth-order valence-corrected chi connectivity index (χ4v) is 8.90. The van der Waals surface area contributed by atoms with Crippen LogP contribution in [0.3, 0.4) is 0 Å². The van der Waals surface area contributed by atoms with Crippen molar-refractivity contribution in [2.75, 3.05) is 6.16 Å². The molecule has 1 N–H and O–H groups in total. The van der Waals surface area contributed by atoms with E-state index in [-0.39, 0.29) is 5.92 Å². The Balaban J connectivity index is 1.96. The lowest BCUT2D eigenvalue weighted by atomic mass is 9.83. The molecule has 1 nitrogen and oxygen atoms in total. The van der Waals surface area contributed by atoms with Crippen LogP contribution in [0.5, 0.6) is 0 Å². The Morgan fingerprint density at radius 1 is 0.743 bits per heavy atom. The Morgan fingerprint density at radius 3 is 1.54 bits per heavy atom. The number of benzene rings is 3. The highest BCUT2D eigenvalue weighted by Gasteiger charge is 2.44. The van der Waals surface area contributed by atoms with E-state index in [2.05, 4.69) is 124 Å². The lowest BCUT2D eigenvalue weighted by molar-refractivity contribution is 0.0145. The molecule has 1 atom stereocenters. The van der Waals surface area contributed by atoms with Crippen LogP contribution in [0.25, 0.3) is 0 Å². The maximum Gasteiger partial charge on any atom is 0.115 e. The Kier molecular flexibility index (Phi) is 9.67. The summed E-state index contributed by atoms with van der Waals surface area (Å²) in [5, 5.41) is 15.0. The van der Waals surface area contributed by atoms with Gasteiger partial charge in [0, 0.05) is 0 Å². The number of rotatable bonds is 11. The van der Waals surface area contributed by atoms with Crippen molar-refractivity contribution in [1.29, 1.82) is 0 Å². The van der Waals surface area contributed by atoms with Crippen LogP contribution < -0.4 is 15.9 Å². The topological polar surface area (TPSA) is 20.2 Å². The molecular formula is C33H42OP+. The fourth-order valence-electron chi connectivity index (χ4n) is 4.75. The third kappa shape index (κ3) is 7.26. The molecule has 0 heterocycles. The van der Waals surface area contributed by atoms with E-state index in [1.54, 1.807) is 0 Å². The smallest absolute Gasteiger partial charge is 0.115 e. The van der Waals surface area contributed by atoms with Crippen LogP contribution in [-0.2, 0) is 0 Å². The number of allylic oxidation sites excluding steroid dienone is 4. The molecule has 0 saturated carbocycles. The molecule has 0 aromatic heterocycles. The van der Waals surface area contributed by atoms with Gasteiger partial charge in [0.05, 0.1) is 11.8 Å². The van der Waals surface area contributed by atoms with Gasteiger partial charge in [0.2, 0.25) is 0 Å². The zero-order chi connectivity index (χ0) is 25.3. The number of aliphatic hydroxyl groups is 1. The first-order valence-corrected chi connectivity index (χ1v) is 14.8. The van der Waals surface area contributed by atoms with Crippen LogP contribution in [0.15, 0.2) is 114 Å².